The van der Waals surface area contributed by atoms with Crippen LogP contribution in [0.1, 0.15) is 21.5 Å². The lowest BCUT2D eigenvalue weighted by Crippen LogP contribution is -2.03. The van der Waals surface area contributed by atoms with Gasteiger partial charge in [-0.1, -0.05) is 22.0 Å². The predicted octanol–water partition coefficient (Wildman–Crippen LogP) is 2.72. The van der Waals surface area contributed by atoms with E-state index in [1.165, 1.54) is 18.2 Å². The van der Waals surface area contributed by atoms with Gasteiger partial charge in [-0.2, -0.15) is 0 Å². The number of methoxy groups -OCH3 is 1. The molecule has 0 heterocycles. The zero-order valence-electron chi connectivity index (χ0n) is 8.34. The summed E-state index contributed by atoms with van der Waals surface area (Å²) in [5.41, 5.74) is 3.01. The molecule has 0 atom stereocenters. The van der Waals surface area contributed by atoms with Gasteiger partial charge in [-0.3, -0.25) is 0 Å². The molecule has 0 aliphatic carbocycles. The molecule has 0 saturated heterocycles. The van der Waals surface area contributed by atoms with E-state index >= 15 is 0 Å². The van der Waals surface area contributed by atoms with Crippen molar-refractivity contribution in [1.29, 1.82) is 0 Å². The number of hydrogen-bond acceptors (Lipinski definition) is 2. The summed E-state index contributed by atoms with van der Waals surface area (Å²) >= 11 is 3.38. The van der Waals surface area contributed by atoms with E-state index < -0.39 is 0 Å². The minimum absolute atomic E-state index is 0.277. The van der Waals surface area contributed by atoms with E-state index in [2.05, 4.69) is 20.7 Å². The summed E-state index contributed by atoms with van der Waals surface area (Å²) < 4.78 is 4.66. The Morgan fingerprint density at radius 3 is 2.79 bits per heavy atom. The third kappa shape index (κ3) is 2.58. The standard InChI is InChI=1S/C11H13BrO2/c1-8-3-4-10(11(13)14-2)7-9(8)5-6-12/h3-4,7H,5-6H2,1-2H3. The maximum Gasteiger partial charge on any atom is 0.337 e. The fraction of sp³-hybridized carbons (Fsp3) is 0.364. The summed E-state index contributed by atoms with van der Waals surface area (Å²) in [7, 11) is 1.40. The zero-order valence-corrected chi connectivity index (χ0v) is 9.93. The van der Waals surface area contributed by atoms with E-state index in [1.54, 1.807) is 6.07 Å². The number of halogens is 1. The van der Waals surface area contributed by atoms with E-state index in [0.29, 0.717) is 5.56 Å². The van der Waals surface area contributed by atoms with Gasteiger partial charge in [-0.05, 0) is 36.6 Å². The van der Waals surface area contributed by atoms with E-state index in [1.807, 2.05) is 19.1 Å². The molecule has 0 spiro atoms. The fourth-order valence-electron chi connectivity index (χ4n) is 1.29. The summed E-state index contributed by atoms with van der Waals surface area (Å²) in [5.74, 6) is -0.277. The van der Waals surface area contributed by atoms with Gasteiger partial charge in [-0.25, -0.2) is 4.79 Å². The summed E-state index contributed by atoms with van der Waals surface area (Å²) in [4.78, 5) is 11.2. The lowest BCUT2D eigenvalue weighted by atomic mass is 10.0. The molecule has 1 rings (SSSR count). The molecule has 0 unspecified atom stereocenters. The quantitative estimate of drug-likeness (QED) is 0.614. The van der Waals surface area contributed by atoms with Crippen LogP contribution in [0.2, 0.25) is 0 Å². The Balaban J connectivity index is 2.99. The molecule has 0 aliphatic heterocycles. The van der Waals surface area contributed by atoms with Gasteiger partial charge in [0.15, 0.2) is 0 Å². The Kier molecular flexibility index (Phi) is 4.14. The first-order valence-electron chi connectivity index (χ1n) is 4.43. The molecule has 1 aromatic carbocycles. The molecule has 2 nitrogen and oxygen atoms in total. The van der Waals surface area contributed by atoms with Gasteiger partial charge in [0.25, 0.3) is 0 Å². The minimum Gasteiger partial charge on any atom is -0.465 e. The molecule has 0 aliphatic rings. The molecule has 0 N–H and O–H groups in total. The van der Waals surface area contributed by atoms with Crippen LogP contribution in [0.5, 0.6) is 0 Å². The van der Waals surface area contributed by atoms with Gasteiger partial charge in [0.2, 0.25) is 0 Å². The van der Waals surface area contributed by atoms with Crippen LogP contribution in [0.25, 0.3) is 0 Å². The molecule has 3 heteroatoms. The van der Waals surface area contributed by atoms with E-state index in [4.69, 9.17) is 0 Å². The van der Waals surface area contributed by atoms with Crippen molar-refractivity contribution in [2.45, 2.75) is 13.3 Å². The third-order valence-corrected chi connectivity index (χ3v) is 2.53. The van der Waals surface area contributed by atoms with E-state index in [0.717, 1.165) is 11.8 Å². The van der Waals surface area contributed by atoms with Gasteiger partial charge in [0, 0.05) is 5.33 Å². The van der Waals surface area contributed by atoms with E-state index in [9.17, 15) is 4.79 Å². The van der Waals surface area contributed by atoms with Crippen molar-refractivity contribution in [3.63, 3.8) is 0 Å². The maximum atomic E-state index is 11.2. The Hall–Kier alpha value is -0.830. The van der Waals surface area contributed by atoms with E-state index in [-0.39, 0.29) is 5.97 Å². The zero-order chi connectivity index (χ0) is 10.6. The van der Waals surface area contributed by atoms with Crippen LogP contribution >= 0.6 is 15.9 Å². The first-order chi connectivity index (χ1) is 6.69. The normalized spacial score (nSPS) is 9.93. The van der Waals surface area contributed by atoms with Crippen molar-refractivity contribution < 1.29 is 9.53 Å². The van der Waals surface area contributed by atoms with Crippen LogP contribution in [-0.4, -0.2) is 18.4 Å². The molecule has 76 valence electrons. The smallest absolute Gasteiger partial charge is 0.337 e. The summed E-state index contributed by atoms with van der Waals surface area (Å²) in [6, 6.07) is 5.63. The fourth-order valence-corrected chi connectivity index (χ4v) is 1.71. The lowest BCUT2D eigenvalue weighted by molar-refractivity contribution is 0.0600. The van der Waals surface area contributed by atoms with Gasteiger partial charge in [0.1, 0.15) is 0 Å². The predicted molar refractivity (Wildman–Crippen MR) is 60.0 cm³/mol. The summed E-state index contributed by atoms with van der Waals surface area (Å²) in [6.45, 7) is 2.04. The van der Waals surface area contributed by atoms with Crippen LogP contribution in [0.15, 0.2) is 18.2 Å². The first kappa shape index (κ1) is 11.2. The number of carbonyl (C=O) groups is 1. The molecule has 0 saturated carbocycles. The highest BCUT2D eigenvalue weighted by molar-refractivity contribution is 9.09. The van der Waals surface area contributed by atoms with Crippen molar-refractivity contribution in [2.24, 2.45) is 0 Å². The van der Waals surface area contributed by atoms with Crippen molar-refractivity contribution in [2.75, 3.05) is 12.4 Å². The van der Waals surface area contributed by atoms with Crippen molar-refractivity contribution in [3.8, 4) is 0 Å². The largest absolute Gasteiger partial charge is 0.465 e. The van der Waals surface area contributed by atoms with Crippen LogP contribution in [0.4, 0.5) is 0 Å². The molecule has 0 fully saturated rings. The Morgan fingerprint density at radius 2 is 2.21 bits per heavy atom. The summed E-state index contributed by atoms with van der Waals surface area (Å²) in [6.07, 6.45) is 0.927. The van der Waals surface area contributed by atoms with Crippen LogP contribution < -0.4 is 0 Å². The number of carbonyl (C=O) groups excluding carboxylic acids is 1. The Bertz CT molecular complexity index is 334. The van der Waals surface area contributed by atoms with Crippen LogP contribution in [-0.2, 0) is 11.2 Å². The van der Waals surface area contributed by atoms with Gasteiger partial charge >= 0.3 is 5.97 Å². The number of esters is 1. The Labute approximate surface area is 92.4 Å². The molecule has 0 bridgehead atoms. The number of ether oxygens (including phenoxy) is 1. The van der Waals surface area contributed by atoms with Crippen molar-refractivity contribution in [3.05, 3.63) is 34.9 Å². The summed E-state index contributed by atoms with van der Waals surface area (Å²) in [5, 5.41) is 0.901. The highest BCUT2D eigenvalue weighted by Gasteiger charge is 2.07. The molecular weight excluding hydrogens is 244 g/mol. The number of rotatable bonds is 3. The lowest BCUT2D eigenvalue weighted by Gasteiger charge is -2.06. The number of alkyl halides is 1. The SMILES string of the molecule is COC(=O)c1ccc(C)c(CCBr)c1. The second kappa shape index (κ2) is 5.15. The molecule has 14 heavy (non-hydrogen) atoms. The van der Waals surface area contributed by atoms with Crippen molar-refractivity contribution >= 4 is 21.9 Å². The number of aryl methyl sites for hydroxylation is 2. The maximum absolute atomic E-state index is 11.2. The average Bonchev–Trinajstić information content (AvgIpc) is 2.20. The molecule has 0 radical (unpaired) electrons. The topological polar surface area (TPSA) is 26.3 Å². The number of benzene rings is 1. The second-order valence-corrected chi connectivity index (χ2v) is 3.86. The van der Waals surface area contributed by atoms with Crippen LogP contribution in [0, 0.1) is 6.92 Å². The van der Waals surface area contributed by atoms with Gasteiger partial charge < -0.3 is 4.74 Å². The Morgan fingerprint density at radius 1 is 1.50 bits per heavy atom. The number of hydrogen-bond donors (Lipinski definition) is 0. The first-order valence-corrected chi connectivity index (χ1v) is 5.55. The molecular formula is C11H13BrO2. The molecule has 0 amide bonds. The second-order valence-electron chi connectivity index (χ2n) is 3.07. The van der Waals surface area contributed by atoms with Crippen molar-refractivity contribution in [1.82, 2.24) is 0 Å². The molecule has 1 aromatic rings. The highest BCUT2D eigenvalue weighted by Crippen LogP contribution is 2.13. The monoisotopic (exact) mass is 256 g/mol. The van der Waals surface area contributed by atoms with Gasteiger partial charge in [0.05, 0.1) is 12.7 Å². The molecule has 0 aromatic heterocycles. The van der Waals surface area contributed by atoms with Crippen LogP contribution in [0.3, 0.4) is 0 Å². The minimum atomic E-state index is -0.277. The third-order valence-electron chi connectivity index (χ3n) is 2.13. The average molecular weight is 257 g/mol. The van der Waals surface area contributed by atoms with Gasteiger partial charge in [-0.15, -0.1) is 0 Å². The highest BCUT2D eigenvalue weighted by atomic mass is 79.9.